The van der Waals surface area contributed by atoms with Gasteiger partial charge in [-0.05, 0) is 36.8 Å². The van der Waals surface area contributed by atoms with E-state index in [1.165, 1.54) is 0 Å². The molecule has 1 saturated heterocycles. The summed E-state index contributed by atoms with van der Waals surface area (Å²) in [5.74, 6) is -0.450. The van der Waals surface area contributed by atoms with Crippen LogP contribution in [0, 0.1) is 0 Å². The van der Waals surface area contributed by atoms with E-state index in [1.807, 2.05) is 12.1 Å². The molecule has 0 aromatic heterocycles. The summed E-state index contributed by atoms with van der Waals surface area (Å²) in [6, 6.07) is 14.2. The molecule has 24 heavy (non-hydrogen) atoms. The van der Waals surface area contributed by atoms with Gasteiger partial charge in [0.1, 0.15) is 6.10 Å². The third kappa shape index (κ3) is 3.73. The summed E-state index contributed by atoms with van der Waals surface area (Å²) in [5.41, 5.74) is 1.58. The molecule has 6 heteroatoms. The number of ether oxygens (including phenoxy) is 3. The van der Waals surface area contributed by atoms with Crippen LogP contribution < -0.4 is 0 Å². The van der Waals surface area contributed by atoms with Gasteiger partial charge in [0.25, 0.3) is 0 Å². The van der Waals surface area contributed by atoms with Gasteiger partial charge in [-0.1, -0.05) is 47.5 Å². The first-order valence-electron chi connectivity index (χ1n) is 7.57. The van der Waals surface area contributed by atoms with Gasteiger partial charge in [-0.15, -0.1) is 0 Å². The molecular formula is C18H16Cl2O4. The van der Waals surface area contributed by atoms with E-state index in [9.17, 15) is 4.79 Å². The molecule has 0 N–H and O–H groups in total. The molecule has 1 aliphatic rings. The molecule has 0 saturated carbocycles. The number of hydrogen-bond acceptors (Lipinski definition) is 4. The van der Waals surface area contributed by atoms with Crippen molar-refractivity contribution in [1.82, 2.24) is 0 Å². The Kier molecular flexibility index (Phi) is 5.41. The standard InChI is InChI=1S/C18H16Cl2O4/c1-2-22-17(21)16-15(11-3-7-13(19)8-4-11)23-18(24-16)12-5-9-14(20)10-6-12/h3-10,15-16,18H,2H2,1H3/t15-,16+,18+/m1/s1. The third-order valence-corrected chi connectivity index (χ3v) is 4.18. The van der Waals surface area contributed by atoms with Gasteiger partial charge in [-0.25, -0.2) is 4.79 Å². The molecule has 3 rings (SSSR count). The summed E-state index contributed by atoms with van der Waals surface area (Å²) in [6.45, 7) is 2.03. The lowest BCUT2D eigenvalue weighted by Crippen LogP contribution is -2.28. The van der Waals surface area contributed by atoms with E-state index in [0.29, 0.717) is 10.0 Å². The van der Waals surface area contributed by atoms with Crippen molar-refractivity contribution < 1.29 is 19.0 Å². The molecule has 0 radical (unpaired) electrons. The molecule has 4 nitrogen and oxygen atoms in total. The number of hydrogen-bond donors (Lipinski definition) is 0. The fourth-order valence-electron chi connectivity index (χ4n) is 2.53. The molecule has 126 valence electrons. The Labute approximate surface area is 150 Å². The first kappa shape index (κ1) is 17.2. The Bertz CT molecular complexity index is 700. The van der Waals surface area contributed by atoms with Crippen molar-refractivity contribution >= 4 is 29.2 Å². The summed E-state index contributed by atoms with van der Waals surface area (Å²) in [4.78, 5) is 12.3. The maximum Gasteiger partial charge on any atom is 0.338 e. The van der Waals surface area contributed by atoms with Crippen molar-refractivity contribution in [2.45, 2.75) is 25.4 Å². The largest absolute Gasteiger partial charge is 0.464 e. The summed E-state index contributed by atoms with van der Waals surface area (Å²) in [6.07, 6.45) is -2.08. The van der Waals surface area contributed by atoms with Crippen LogP contribution in [-0.2, 0) is 19.0 Å². The Hall–Kier alpha value is -1.59. The topological polar surface area (TPSA) is 44.8 Å². The van der Waals surface area contributed by atoms with E-state index >= 15 is 0 Å². The zero-order chi connectivity index (χ0) is 17.1. The summed E-state index contributed by atoms with van der Waals surface area (Å²) in [7, 11) is 0. The first-order chi connectivity index (χ1) is 11.6. The van der Waals surface area contributed by atoms with E-state index in [-0.39, 0.29) is 6.61 Å². The van der Waals surface area contributed by atoms with Crippen LogP contribution >= 0.6 is 23.2 Å². The Morgan fingerprint density at radius 2 is 1.50 bits per heavy atom. The van der Waals surface area contributed by atoms with Crippen molar-refractivity contribution in [2.75, 3.05) is 6.61 Å². The molecule has 1 heterocycles. The summed E-state index contributed by atoms with van der Waals surface area (Å²) in [5, 5.41) is 1.23. The van der Waals surface area contributed by atoms with Gasteiger partial charge in [0.05, 0.1) is 6.61 Å². The lowest BCUT2D eigenvalue weighted by atomic mass is 10.0. The van der Waals surface area contributed by atoms with Gasteiger partial charge in [0.15, 0.2) is 12.4 Å². The number of esters is 1. The number of carbonyl (C=O) groups excluding carboxylic acids is 1. The Balaban J connectivity index is 1.87. The second-order valence-electron chi connectivity index (χ2n) is 5.30. The molecule has 0 unspecified atom stereocenters. The van der Waals surface area contributed by atoms with Crippen molar-refractivity contribution in [2.24, 2.45) is 0 Å². The lowest BCUT2D eigenvalue weighted by molar-refractivity contribution is -0.157. The average Bonchev–Trinajstić information content (AvgIpc) is 3.02. The van der Waals surface area contributed by atoms with Crippen molar-refractivity contribution in [3.8, 4) is 0 Å². The molecule has 2 aromatic rings. The highest BCUT2D eigenvalue weighted by atomic mass is 35.5. The quantitative estimate of drug-likeness (QED) is 0.734. The van der Waals surface area contributed by atoms with Crippen LogP contribution in [-0.4, -0.2) is 18.7 Å². The number of benzene rings is 2. The normalized spacial score (nSPS) is 23.2. The summed E-state index contributed by atoms with van der Waals surface area (Å²) < 4.78 is 16.9. The minimum absolute atomic E-state index is 0.275. The monoisotopic (exact) mass is 366 g/mol. The maximum absolute atomic E-state index is 12.3. The van der Waals surface area contributed by atoms with Gasteiger partial charge in [-0.2, -0.15) is 0 Å². The first-order valence-corrected chi connectivity index (χ1v) is 8.32. The molecule has 1 fully saturated rings. The Morgan fingerprint density at radius 3 is 2.04 bits per heavy atom. The predicted octanol–water partition coefficient (Wildman–Crippen LogP) is 4.71. The van der Waals surface area contributed by atoms with Crippen LogP contribution in [0.4, 0.5) is 0 Å². The van der Waals surface area contributed by atoms with Gasteiger partial charge >= 0.3 is 5.97 Å². The molecule has 0 spiro atoms. The van der Waals surface area contributed by atoms with Gasteiger partial charge in [0, 0.05) is 15.6 Å². The number of rotatable bonds is 4. The SMILES string of the molecule is CCOC(=O)[C@H]1O[C@@H](c2ccc(Cl)cc2)O[C@@H]1c1ccc(Cl)cc1. The minimum Gasteiger partial charge on any atom is -0.464 e. The zero-order valence-corrected chi connectivity index (χ0v) is 14.5. The molecular weight excluding hydrogens is 351 g/mol. The fraction of sp³-hybridized carbons (Fsp3) is 0.278. The zero-order valence-electron chi connectivity index (χ0n) is 12.9. The highest BCUT2D eigenvalue weighted by molar-refractivity contribution is 6.30. The van der Waals surface area contributed by atoms with E-state index in [1.54, 1.807) is 43.3 Å². The highest BCUT2D eigenvalue weighted by Gasteiger charge is 2.43. The van der Waals surface area contributed by atoms with Crippen molar-refractivity contribution in [3.05, 3.63) is 69.7 Å². The van der Waals surface area contributed by atoms with Crippen LogP contribution in [0.2, 0.25) is 10.0 Å². The van der Waals surface area contributed by atoms with E-state index in [0.717, 1.165) is 11.1 Å². The molecule has 2 aromatic carbocycles. The van der Waals surface area contributed by atoms with Crippen molar-refractivity contribution in [1.29, 1.82) is 0 Å². The number of carbonyl (C=O) groups is 1. The molecule has 1 aliphatic heterocycles. The van der Waals surface area contributed by atoms with Gasteiger partial charge in [-0.3, -0.25) is 0 Å². The highest BCUT2D eigenvalue weighted by Crippen LogP contribution is 2.40. The predicted molar refractivity (Wildman–Crippen MR) is 91.0 cm³/mol. The third-order valence-electron chi connectivity index (χ3n) is 3.67. The molecule has 0 bridgehead atoms. The molecule has 3 atom stereocenters. The average molecular weight is 367 g/mol. The van der Waals surface area contributed by atoms with Crippen LogP contribution in [0.1, 0.15) is 30.4 Å². The fourth-order valence-corrected chi connectivity index (χ4v) is 2.78. The second-order valence-corrected chi connectivity index (χ2v) is 6.17. The van der Waals surface area contributed by atoms with E-state index in [4.69, 9.17) is 37.4 Å². The van der Waals surface area contributed by atoms with E-state index in [2.05, 4.69) is 0 Å². The van der Waals surface area contributed by atoms with Crippen LogP contribution in [0.5, 0.6) is 0 Å². The smallest absolute Gasteiger partial charge is 0.338 e. The molecule has 0 amide bonds. The van der Waals surface area contributed by atoms with E-state index < -0.39 is 24.5 Å². The summed E-state index contributed by atoms with van der Waals surface area (Å²) >= 11 is 11.8. The number of halogens is 2. The van der Waals surface area contributed by atoms with Gasteiger partial charge < -0.3 is 14.2 Å². The van der Waals surface area contributed by atoms with Crippen LogP contribution in [0.25, 0.3) is 0 Å². The maximum atomic E-state index is 12.3. The Morgan fingerprint density at radius 1 is 0.958 bits per heavy atom. The van der Waals surface area contributed by atoms with Crippen LogP contribution in [0.3, 0.4) is 0 Å². The lowest BCUT2D eigenvalue weighted by Gasteiger charge is -2.15. The van der Waals surface area contributed by atoms with Crippen LogP contribution in [0.15, 0.2) is 48.5 Å². The minimum atomic E-state index is -0.841. The second kappa shape index (κ2) is 7.53. The molecule has 0 aliphatic carbocycles. The van der Waals surface area contributed by atoms with Gasteiger partial charge in [0.2, 0.25) is 0 Å². The van der Waals surface area contributed by atoms with Crippen molar-refractivity contribution in [3.63, 3.8) is 0 Å².